The number of hydrogen-bond donors (Lipinski definition) is 0. The number of carbonyl (C=O) groups excluding carboxylic acids is 1. The number of carbonyl (C=O) groups is 1. The highest BCUT2D eigenvalue weighted by Gasteiger charge is 2.07. The zero-order valence-electron chi connectivity index (χ0n) is 14.6. The maximum absolute atomic E-state index is 12.5. The molecule has 0 unspecified atom stereocenters. The highest BCUT2D eigenvalue weighted by molar-refractivity contribution is 6.36. The fourth-order valence-corrected chi connectivity index (χ4v) is 3.41. The van der Waals surface area contributed by atoms with Crippen LogP contribution in [0.1, 0.15) is 15.9 Å². The number of halogens is 2. The Morgan fingerprint density at radius 2 is 1.57 bits per heavy atom. The number of allylic oxidation sites excluding steroid dienone is 1. The molecule has 0 spiro atoms. The first kappa shape index (κ1) is 18.4. The molecule has 3 aromatic carbocycles. The summed E-state index contributed by atoms with van der Waals surface area (Å²) in [6.45, 7) is 0. The average molecular weight is 405 g/mol. The summed E-state index contributed by atoms with van der Waals surface area (Å²) >= 11 is 12.2. The molecule has 0 saturated heterocycles. The first-order valence-electron chi connectivity index (χ1n) is 8.59. The summed E-state index contributed by atoms with van der Waals surface area (Å²) in [4.78, 5) is 21.0. The SMILES string of the molecule is O=C(/C=C/c1ccc2nccnc2c1)c1ccc(-c2ccc(Cl)cc2Cl)cc1. The molecule has 4 rings (SSSR count). The molecule has 3 nitrogen and oxygen atoms in total. The number of rotatable bonds is 4. The van der Waals surface area contributed by atoms with Crippen molar-refractivity contribution >= 4 is 46.1 Å². The lowest BCUT2D eigenvalue weighted by atomic mass is 10.0. The molecule has 5 heteroatoms. The monoisotopic (exact) mass is 404 g/mol. The van der Waals surface area contributed by atoms with Crippen molar-refractivity contribution in [3.8, 4) is 11.1 Å². The molecule has 0 amide bonds. The Hall–Kier alpha value is -3.01. The van der Waals surface area contributed by atoms with Crippen molar-refractivity contribution < 1.29 is 4.79 Å². The molecular weight excluding hydrogens is 391 g/mol. The van der Waals surface area contributed by atoms with Gasteiger partial charge in [0.2, 0.25) is 0 Å². The maximum Gasteiger partial charge on any atom is 0.185 e. The van der Waals surface area contributed by atoms with Gasteiger partial charge in [-0.25, -0.2) is 0 Å². The lowest BCUT2D eigenvalue weighted by Crippen LogP contribution is -1.94. The van der Waals surface area contributed by atoms with Crippen LogP contribution in [0.15, 0.2) is 79.1 Å². The predicted molar refractivity (Wildman–Crippen MR) is 115 cm³/mol. The van der Waals surface area contributed by atoms with Crippen LogP contribution >= 0.6 is 23.2 Å². The van der Waals surface area contributed by atoms with Crippen molar-refractivity contribution in [3.05, 3.63) is 100 Å². The van der Waals surface area contributed by atoms with Gasteiger partial charge in [0.15, 0.2) is 5.78 Å². The summed E-state index contributed by atoms with van der Waals surface area (Å²) < 4.78 is 0. The molecule has 0 N–H and O–H groups in total. The van der Waals surface area contributed by atoms with Gasteiger partial charge in [-0.05, 0) is 41.5 Å². The van der Waals surface area contributed by atoms with Crippen molar-refractivity contribution in [1.82, 2.24) is 9.97 Å². The average Bonchev–Trinajstić information content (AvgIpc) is 2.72. The van der Waals surface area contributed by atoms with Crippen LogP contribution in [0.2, 0.25) is 10.0 Å². The standard InChI is InChI=1S/C23H14Cl2N2O/c24-18-7-8-19(20(25)14-18)16-3-5-17(6-4-16)23(28)10-2-15-1-9-21-22(13-15)27-12-11-26-21/h1-14H/b10-2+. The van der Waals surface area contributed by atoms with Crippen LogP contribution in [0.3, 0.4) is 0 Å². The third kappa shape index (κ3) is 3.96. The molecule has 0 saturated carbocycles. The van der Waals surface area contributed by atoms with Crippen molar-refractivity contribution in [1.29, 1.82) is 0 Å². The second-order valence-electron chi connectivity index (χ2n) is 6.20. The van der Waals surface area contributed by atoms with Crippen molar-refractivity contribution in [3.63, 3.8) is 0 Å². The van der Waals surface area contributed by atoms with Gasteiger partial charge in [0.05, 0.1) is 11.0 Å². The summed E-state index contributed by atoms with van der Waals surface area (Å²) in [6, 6.07) is 18.4. The minimum Gasteiger partial charge on any atom is -0.289 e. The first-order chi connectivity index (χ1) is 13.6. The van der Waals surface area contributed by atoms with Gasteiger partial charge >= 0.3 is 0 Å². The van der Waals surface area contributed by atoms with E-state index in [2.05, 4.69) is 9.97 Å². The number of aromatic nitrogens is 2. The Morgan fingerprint density at radius 3 is 2.32 bits per heavy atom. The van der Waals surface area contributed by atoms with Crippen molar-refractivity contribution in [2.45, 2.75) is 0 Å². The molecule has 0 atom stereocenters. The van der Waals surface area contributed by atoms with E-state index in [0.717, 1.165) is 27.7 Å². The summed E-state index contributed by atoms with van der Waals surface area (Å²) in [5.74, 6) is -0.0759. The van der Waals surface area contributed by atoms with Gasteiger partial charge in [0.1, 0.15) is 0 Å². The summed E-state index contributed by atoms with van der Waals surface area (Å²) in [7, 11) is 0. The van der Waals surface area contributed by atoms with E-state index in [0.29, 0.717) is 15.6 Å². The van der Waals surface area contributed by atoms with Gasteiger partial charge in [-0.1, -0.05) is 65.7 Å². The zero-order chi connectivity index (χ0) is 19.5. The van der Waals surface area contributed by atoms with Gasteiger partial charge in [0, 0.05) is 33.6 Å². The molecule has 0 radical (unpaired) electrons. The normalized spacial score (nSPS) is 11.2. The Kier molecular flexibility index (Phi) is 5.20. The molecule has 136 valence electrons. The highest BCUT2D eigenvalue weighted by Crippen LogP contribution is 2.30. The molecule has 4 aromatic rings. The number of hydrogen-bond acceptors (Lipinski definition) is 3. The lowest BCUT2D eigenvalue weighted by Gasteiger charge is -2.06. The van der Waals surface area contributed by atoms with Gasteiger partial charge in [0.25, 0.3) is 0 Å². The first-order valence-corrected chi connectivity index (χ1v) is 9.34. The van der Waals surface area contributed by atoms with E-state index in [1.165, 1.54) is 0 Å². The van der Waals surface area contributed by atoms with Crippen LogP contribution in [0.4, 0.5) is 0 Å². The zero-order valence-corrected chi connectivity index (χ0v) is 16.2. The Morgan fingerprint density at radius 1 is 0.821 bits per heavy atom. The summed E-state index contributed by atoms with van der Waals surface area (Å²) in [5.41, 5.74) is 4.91. The number of benzene rings is 3. The van der Waals surface area contributed by atoms with Gasteiger partial charge < -0.3 is 0 Å². The van der Waals surface area contributed by atoms with Gasteiger partial charge in [-0.2, -0.15) is 0 Å². The lowest BCUT2D eigenvalue weighted by molar-refractivity contribution is 0.104. The highest BCUT2D eigenvalue weighted by atomic mass is 35.5. The molecule has 28 heavy (non-hydrogen) atoms. The van der Waals surface area contributed by atoms with Gasteiger partial charge in [-0.3, -0.25) is 14.8 Å². The van der Waals surface area contributed by atoms with E-state index in [1.807, 2.05) is 36.4 Å². The molecule has 0 bridgehead atoms. The van der Waals surface area contributed by atoms with Crippen LogP contribution in [0, 0.1) is 0 Å². The smallest absolute Gasteiger partial charge is 0.185 e. The quantitative estimate of drug-likeness (QED) is 0.288. The van der Waals surface area contributed by atoms with Crippen LogP contribution in [-0.4, -0.2) is 15.8 Å². The van der Waals surface area contributed by atoms with Gasteiger partial charge in [-0.15, -0.1) is 0 Å². The third-order valence-electron chi connectivity index (χ3n) is 4.33. The number of fused-ring (bicyclic) bond motifs is 1. The Bertz CT molecular complexity index is 1200. The fourth-order valence-electron chi connectivity index (χ4n) is 2.89. The van der Waals surface area contributed by atoms with E-state index < -0.39 is 0 Å². The second-order valence-corrected chi connectivity index (χ2v) is 7.05. The maximum atomic E-state index is 12.5. The molecule has 0 aliphatic carbocycles. The molecule has 0 aliphatic heterocycles. The predicted octanol–water partition coefficient (Wildman–Crippen LogP) is 6.50. The number of ketones is 1. The largest absolute Gasteiger partial charge is 0.289 e. The Labute approximate surface area is 172 Å². The van der Waals surface area contributed by atoms with E-state index in [4.69, 9.17) is 23.2 Å². The fraction of sp³-hybridized carbons (Fsp3) is 0. The van der Waals surface area contributed by atoms with Crippen LogP contribution in [0.25, 0.3) is 28.2 Å². The molecule has 0 aliphatic rings. The van der Waals surface area contributed by atoms with E-state index >= 15 is 0 Å². The number of nitrogens with zero attached hydrogens (tertiary/aromatic N) is 2. The third-order valence-corrected chi connectivity index (χ3v) is 4.88. The van der Waals surface area contributed by atoms with Crippen LogP contribution in [0.5, 0.6) is 0 Å². The molecule has 1 aromatic heterocycles. The minimum absolute atomic E-state index is 0.0759. The van der Waals surface area contributed by atoms with E-state index in [9.17, 15) is 4.79 Å². The van der Waals surface area contributed by atoms with E-state index in [-0.39, 0.29) is 5.78 Å². The van der Waals surface area contributed by atoms with Crippen molar-refractivity contribution in [2.24, 2.45) is 0 Å². The van der Waals surface area contributed by atoms with Crippen molar-refractivity contribution in [2.75, 3.05) is 0 Å². The molecular formula is C23H14Cl2N2O. The second kappa shape index (κ2) is 7.93. The molecule has 0 fully saturated rings. The minimum atomic E-state index is -0.0759. The van der Waals surface area contributed by atoms with Crippen LogP contribution < -0.4 is 0 Å². The molecule has 1 heterocycles. The summed E-state index contributed by atoms with van der Waals surface area (Å²) in [5, 5.41) is 1.16. The Balaban J connectivity index is 1.53. The summed E-state index contributed by atoms with van der Waals surface area (Å²) in [6.07, 6.45) is 6.64. The van der Waals surface area contributed by atoms with Crippen LogP contribution in [-0.2, 0) is 0 Å². The topological polar surface area (TPSA) is 42.9 Å². The van der Waals surface area contributed by atoms with E-state index in [1.54, 1.807) is 48.8 Å².